The third-order valence-electron chi connectivity index (χ3n) is 2.67. The van der Waals surface area contributed by atoms with Crippen molar-refractivity contribution >= 4 is 35.3 Å². The summed E-state index contributed by atoms with van der Waals surface area (Å²) in [7, 11) is 0. The monoisotopic (exact) mass is 320 g/mol. The third-order valence-corrected chi connectivity index (χ3v) is 4.12. The molecule has 0 aliphatic rings. The van der Waals surface area contributed by atoms with Crippen LogP contribution in [0.3, 0.4) is 0 Å². The highest BCUT2D eigenvalue weighted by Gasteiger charge is 2.14. The van der Waals surface area contributed by atoms with E-state index < -0.39 is 6.09 Å². The number of carbonyl (C=O) groups is 1. The first kappa shape index (κ1) is 15.7. The first-order chi connectivity index (χ1) is 10.1. The van der Waals surface area contributed by atoms with Gasteiger partial charge in [0.15, 0.2) is 0 Å². The van der Waals surface area contributed by atoms with Gasteiger partial charge in [-0.15, -0.1) is 23.5 Å². The number of ether oxygens (including phenoxy) is 1. The summed E-state index contributed by atoms with van der Waals surface area (Å²) in [5, 5.41) is 3.57. The minimum absolute atomic E-state index is 0.506. The maximum absolute atomic E-state index is 12.0. The molecule has 0 fully saturated rings. The van der Waals surface area contributed by atoms with Crippen LogP contribution >= 0.6 is 23.5 Å². The van der Waals surface area contributed by atoms with E-state index in [1.807, 2.05) is 43.7 Å². The third kappa shape index (κ3) is 4.15. The van der Waals surface area contributed by atoms with E-state index in [0.29, 0.717) is 11.4 Å². The predicted molar refractivity (Wildman–Crippen MR) is 88.6 cm³/mol. The topological polar surface area (TPSA) is 51.2 Å². The van der Waals surface area contributed by atoms with Crippen LogP contribution < -0.4 is 10.1 Å². The van der Waals surface area contributed by atoms with Crippen molar-refractivity contribution in [2.75, 3.05) is 17.8 Å². The van der Waals surface area contributed by atoms with Crippen LogP contribution in [-0.4, -0.2) is 23.6 Å². The number of carbonyl (C=O) groups excluding carboxylic acids is 1. The molecule has 0 unspecified atom stereocenters. The van der Waals surface area contributed by atoms with Gasteiger partial charge in [-0.1, -0.05) is 18.2 Å². The number of thioether (sulfide) groups is 2. The van der Waals surface area contributed by atoms with Crippen LogP contribution in [0.4, 0.5) is 10.5 Å². The summed E-state index contributed by atoms with van der Waals surface area (Å²) in [6.07, 6.45) is 3.38. The van der Waals surface area contributed by atoms with Gasteiger partial charge in [-0.3, -0.25) is 5.32 Å². The molecule has 0 spiro atoms. The number of nitrogens with zero attached hydrogens (tertiary/aromatic N) is 1. The fraction of sp³-hybridized carbons (Fsp3) is 0.200. The van der Waals surface area contributed by atoms with Crippen LogP contribution in [0.25, 0.3) is 0 Å². The summed E-state index contributed by atoms with van der Waals surface area (Å²) in [6, 6.07) is 10.9. The second-order valence-corrected chi connectivity index (χ2v) is 5.82. The average Bonchev–Trinajstić information content (AvgIpc) is 2.49. The van der Waals surface area contributed by atoms with Crippen molar-refractivity contribution in [3.05, 3.63) is 42.1 Å². The molecule has 2 aromatic rings. The fourth-order valence-corrected chi connectivity index (χ4v) is 3.07. The van der Waals surface area contributed by atoms with Gasteiger partial charge in [0.05, 0.1) is 5.69 Å². The lowest BCUT2D eigenvalue weighted by Crippen LogP contribution is -2.18. The minimum atomic E-state index is -0.516. The maximum Gasteiger partial charge on any atom is 0.417 e. The first-order valence-electron chi connectivity index (χ1n) is 6.27. The van der Waals surface area contributed by atoms with Crippen LogP contribution in [0.1, 0.15) is 5.69 Å². The molecule has 1 amide bonds. The molecule has 1 aromatic heterocycles. The van der Waals surface area contributed by atoms with E-state index in [4.69, 9.17) is 4.74 Å². The zero-order valence-corrected chi connectivity index (χ0v) is 13.7. The summed E-state index contributed by atoms with van der Waals surface area (Å²) in [5.74, 6) is 0.506. The average molecular weight is 320 g/mol. The van der Waals surface area contributed by atoms with Crippen LogP contribution in [-0.2, 0) is 0 Å². The van der Waals surface area contributed by atoms with Gasteiger partial charge in [0.2, 0.25) is 0 Å². The van der Waals surface area contributed by atoms with Crippen LogP contribution in [0.5, 0.6) is 5.75 Å². The Bertz CT molecular complexity index is 608. The molecule has 0 saturated heterocycles. The molecule has 6 heteroatoms. The second kappa shape index (κ2) is 7.38. The van der Waals surface area contributed by atoms with Gasteiger partial charge >= 0.3 is 6.09 Å². The molecule has 110 valence electrons. The molecule has 0 atom stereocenters. The maximum atomic E-state index is 12.0. The lowest BCUT2D eigenvalue weighted by atomic mass is 10.3. The van der Waals surface area contributed by atoms with Crippen LogP contribution in [0, 0.1) is 6.92 Å². The number of para-hydroxylation sites is 1. The number of aromatic nitrogens is 1. The number of aryl methyl sites for hydroxylation is 1. The summed E-state index contributed by atoms with van der Waals surface area (Å²) < 4.78 is 5.25. The molecule has 0 radical (unpaired) electrons. The predicted octanol–water partition coefficient (Wildman–Crippen LogP) is 4.44. The lowest BCUT2D eigenvalue weighted by Gasteiger charge is -2.13. The fourth-order valence-electron chi connectivity index (χ4n) is 1.76. The van der Waals surface area contributed by atoms with Crippen molar-refractivity contribution in [3.8, 4) is 5.75 Å². The molecule has 1 N–H and O–H groups in total. The van der Waals surface area contributed by atoms with Gasteiger partial charge in [0.25, 0.3) is 0 Å². The molecule has 21 heavy (non-hydrogen) atoms. The van der Waals surface area contributed by atoms with E-state index in [0.717, 1.165) is 15.6 Å². The van der Waals surface area contributed by atoms with E-state index in [9.17, 15) is 4.79 Å². The van der Waals surface area contributed by atoms with Gasteiger partial charge in [-0.05, 0) is 37.6 Å². The van der Waals surface area contributed by atoms with Gasteiger partial charge in [-0.2, -0.15) is 0 Å². The number of hydrogen-bond donors (Lipinski definition) is 1. The Morgan fingerprint density at radius 3 is 2.52 bits per heavy atom. The normalized spacial score (nSPS) is 10.2. The lowest BCUT2D eigenvalue weighted by molar-refractivity contribution is 0.215. The number of nitrogens with one attached hydrogen (secondary N) is 1. The van der Waals surface area contributed by atoms with Gasteiger partial charge in [0.1, 0.15) is 10.8 Å². The largest absolute Gasteiger partial charge is 0.417 e. The Kier molecular flexibility index (Phi) is 5.52. The molecule has 0 aliphatic carbocycles. The van der Waals surface area contributed by atoms with Gasteiger partial charge in [0, 0.05) is 10.6 Å². The Hall–Kier alpha value is -1.66. The highest BCUT2D eigenvalue weighted by molar-refractivity contribution is 7.99. The molecule has 1 aromatic carbocycles. The van der Waals surface area contributed by atoms with Crippen LogP contribution in [0.2, 0.25) is 0 Å². The van der Waals surface area contributed by atoms with Crippen LogP contribution in [0.15, 0.2) is 46.3 Å². The molecule has 0 saturated carbocycles. The van der Waals surface area contributed by atoms with Crippen molar-refractivity contribution < 1.29 is 9.53 Å². The van der Waals surface area contributed by atoms with Crippen molar-refractivity contribution in [2.24, 2.45) is 0 Å². The van der Waals surface area contributed by atoms with Crippen molar-refractivity contribution in [2.45, 2.75) is 16.8 Å². The Balaban J connectivity index is 2.20. The Labute approximate surface area is 132 Å². The SMILES string of the molecule is CSc1cc(C)nc(SC)c1NC(=O)Oc1ccccc1. The summed E-state index contributed by atoms with van der Waals surface area (Å²) in [5.41, 5.74) is 1.62. The van der Waals surface area contributed by atoms with Crippen molar-refractivity contribution in [1.82, 2.24) is 4.98 Å². The Morgan fingerprint density at radius 1 is 1.19 bits per heavy atom. The van der Waals surface area contributed by atoms with E-state index in [1.54, 1.807) is 23.9 Å². The molecule has 2 rings (SSSR count). The number of rotatable bonds is 4. The molecule has 4 nitrogen and oxygen atoms in total. The van der Waals surface area contributed by atoms with E-state index in [1.165, 1.54) is 11.8 Å². The highest BCUT2D eigenvalue weighted by atomic mass is 32.2. The van der Waals surface area contributed by atoms with Gasteiger partial charge in [-0.25, -0.2) is 9.78 Å². The van der Waals surface area contributed by atoms with Crippen molar-refractivity contribution in [3.63, 3.8) is 0 Å². The summed E-state index contributed by atoms with van der Waals surface area (Å²) >= 11 is 3.06. The standard InChI is InChI=1S/C15H16N2O2S2/c1-10-9-12(20-2)13(14(16-10)21-3)17-15(18)19-11-7-5-4-6-8-11/h4-9H,1-3H3,(H,17,18). The van der Waals surface area contributed by atoms with E-state index >= 15 is 0 Å². The smallest absolute Gasteiger partial charge is 0.410 e. The molecular weight excluding hydrogens is 304 g/mol. The van der Waals surface area contributed by atoms with E-state index in [2.05, 4.69) is 10.3 Å². The summed E-state index contributed by atoms with van der Waals surface area (Å²) in [4.78, 5) is 17.4. The molecule has 0 bridgehead atoms. The quantitative estimate of drug-likeness (QED) is 0.844. The van der Waals surface area contributed by atoms with Gasteiger partial charge < -0.3 is 4.74 Å². The van der Waals surface area contributed by atoms with E-state index in [-0.39, 0.29) is 0 Å². The number of pyridine rings is 1. The zero-order chi connectivity index (χ0) is 15.2. The minimum Gasteiger partial charge on any atom is -0.410 e. The Morgan fingerprint density at radius 2 is 1.90 bits per heavy atom. The zero-order valence-electron chi connectivity index (χ0n) is 12.0. The molecule has 1 heterocycles. The highest BCUT2D eigenvalue weighted by Crippen LogP contribution is 2.33. The number of benzene rings is 1. The second-order valence-electron chi connectivity index (χ2n) is 4.18. The molecular formula is C15H16N2O2S2. The summed E-state index contributed by atoms with van der Waals surface area (Å²) in [6.45, 7) is 1.94. The number of anilines is 1. The first-order valence-corrected chi connectivity index (χ1v) is 8.72. The molecule has 0 aliphatic heterocycles. The number of amides is 1. The number of hydrogen-bond acceptors (Lipinski definition) is 5. The van der Waals surface area contributed by atoms with Crippen molar-refractivity contribution in [1.29, 1.82) is 0 Å².